The molecule has 7 nitrogen and oxygen atoms in total. The van der Waals surface area contributed by atoms with E-state index < -0.39 is 34.5 Å². The molecule has 0 unspecified atom stereocenters. The summed E-state index contributed by atoms with van der Waals surface area (Å²) in [6.45, 7) is 2.41. The van der Waals surface area contributed by atoms with E-state index in [1.807, 2.05) is 0 Å². The van der Waals surface area contributed by atoms with Gasteiger partial charge in [-0.3, -0.25) is 19.3 Å². The van der Waals surface area contributed by atoms with Crippen molar-refractivity contribution in [3.05, 3.63) is 58.6 Å². The van der Waals surface area contributed by atoms with Gasteiger partial charge in [0, 0.05) is 21.4 Å². The molecule has 2 aromatic rings. The van der Waals surface area contributed by atoms with E-state index >= 15 is 0 Å². The summed E-state index contributed by atoms with van der Waals surface area (Å²) < 4.78 is 5.50. The number of nitrogens with zero attached hydrogens (tertiary/aromatic N) is 1. The van der Waals surface area contributed by atoms with Crippen LogP contribution in [-0.4, -0.2) is 39.6 Å². The number of carbonyl (C=O) groups is 3. The largest absolute Gasteiger partial charge is 0.367 e. The lowest BCUT2D eigenvalue weighted by atomic mass is 9.85. The molecule has 0 saturated carbocycles. The van der Waals surface area contributed by atoms with E-state index in [-0.39, 0.29) is 5.69 Å². The Morgan fingerprint density at radius 2 is 1.55 bits per heavy atom. The van der Waals surface area contributed by atoms with Crippen LogP contribution in [0.5, 0.6) is 0 Å². The van der Waals surface area contributed by atoms with Crippen molar-refractivity contribution in [1.29, 1.82) is 0 Å². The maximum absolute atomic E-state index is 13.2. The Labute approximate surface area is 176 Å². The van der Waals surface area contributed by atoms with Gasteiger partial charge in [0.25, 0.3) is 11.8 Å². The van der Waals surface area contributed by atoms with Gasteiger partial charge >= 0.3 is 0 Å². The van der Waals surface area contributed by atoms with Gasteiger partial charge in [0.1, 0.15) is 0 Å². The topological polar surface area (TPSA) is 99.2 Å². The van der Waals surface area contributed by atoms with Crippen LogP contribution in [0.1, 0.15) is 13.8 Å². The number of fused-ring (bicyclic) bond motifs is 1. The highest BCUT2D eigenvalue weighted by atomic mass is 35.5. The summed E-state index contributed by atoms with van der Waals surface area (Å²) in [4.78, 5) is 39.8. The van der Waals surface area contributed by atoms with Gasteiger partial charge < -0.3 is 15.2 Å². The van der Waals surface area contributed by atoms with Crippen molar-refractivity contribution in [3.8, 4) is 0 Å². The first-order valence-corrected chi connectivity index (χ1v) is 9.44. The van der Waals surface area contributed by atoms with Gasteiger partial charge in [-0.25, -0.2) is 0 Å². The zero-order valence-electron chi connectivity index (χ0n) is 15.4. The van der Waals surface area contributed by atoms with E-state index in [1.165, 1.54) is 31.2 Å². The molecule has 2 N–H and O–H groups in total. The molecule has 150 valence electrons. The number of ketones is 1. The second kappa shape index (κ2) is 6.27. The molecule has 2 aliphatic heterocycles. The molecule has 9 heteroatoms. The Hall–Kier alpha value is -2.45. The predicted molar refractivity (Wildman–Crippen MR) is 107 cm³/mol. The zero-order chi connectivity index (χ0) is 21.2. The quantitative estimate of drug-likeness (QED) is 0.569. The molecule has 0 bridgehead atoms. The molecule has 2 fully saturated rings. The van der Waals surface area contributed by atoms with Crippen LogP contribution in [0.25, 0.3) is 0 Å². The van der Waals surface area contributed by atoms with E-state index in [0.717, 1.165) is 11.8 Å². The standard InChI is InChI=1S/C20H16Cl2N2O5/c1-11(25)19-17(27)24(15-9-5-13(22)6-10-15)18(2,28)20(19,29-19)16(26)23-14-7-3-12(21)4-8-14/h3-10,28H,1-2H3,(H,23,26)/t18-,19+,20-/m1/s1. The fourth-order valence-corrected chi connectivity index (χ4v) is 4.20. The SMILES string of the molecule is CC(=O)[C@@]12O[C@]1(C(=O)Nc1ccc(Cl)cc1)[C@@](C)(O)N(c1ccc(Cl)cc1)C2=O. The van der Waals surface area contributed by atoms with Crippen LogP contribution in [0.2, 0.25) is 10.0 Å². The number of Topliss-reactive ketones (excluding diaryl/α,β-unsaturated/α-hetero) is 1. The van der Waals surface area contributed by atoms with E-state index in [4.69, 9.17) is 27.9 Å². The zero-order valence-corrected chi connectivity index (χ0v) is 16.9. The van der Waals surface area contributed by atoms with Crippen molar-refractivity contribution in [2.24, 2.45) is 0 Å². The lowest BCUT2D eigenvalue weighted by Crippen LogP contribution is -2.58. The third kappa shape index (κ3) is 2.48. The number of carbonyl (C=O) groups excluding carboxylic acids is 3. The van der Waals surface area contributed by atoms with Gasteiger partial charge in [0.15, 0.2) is 11.5 Å². The summed E-state index contributed by atoms with van der Waals surface area (Å²) >= 11 is 11.8. The number of ether oxygens (including phenoxy) is 1. The number of amides is 2. The van der Waals surface area contributed by atoms with Crippen molar-refractivity contribution >= 4 is 52.2 Å². The highest BCUT2D eigenvalue weighted by Crippen LogP contribution is 2.63. The number of hydrogen-bond donors (Lipinski definition) is 2. The molecular weight excluding hydrogens is 419 g/mol. The summed E-state index contributed by atoms with van der Waals surface area (Å²) in [5, 5.41) is 14.8. The van der Waals surface area contributed by atoms with E-state index in [0.29, 0.717) is 15.7 Å². The van der Waals surface area contributed by atoms with Crippen LogP contribution >= 0.6 is 23.2 Å². The van der Waals surface area contributed by atoms with Crippen molar-refractivity contribution in [2.75, 3.05) is 10.2 Å². The van der Waals surface area contributed by atoms with Crippen LogP contribution in [-0.2, 0) is 19.1 Å². The highest BCUT2D eigenvalue weighted by molar-refractivity contribution is 6.31. The number of rotatable bonds is 4. The second-order valence-corrected chi connectivity index (χ2v) is 7.99. The second-order valence-electron chi connectivity index (χ2n) is 7.12. The number of halogens is 2. The molecule has 4 rings (SSSR count). The average Bonchev–Trinajstić information content (AvgIpc) is 3.36. The van der Waals surface area contributed by atoms with Crippen LogP contribution in [0.15, 0.2) is 48.5 Å². The first kappa shape index (κ1) is 19.8. The summed E-state index contributed by atoms with van der Waals surface area (Å²) in [5.74, 6) is -2.31. The Morgan fingerprint density at radius 1 is 1.03 bits per heavy atom. The van der Waals surface area contributed by atoms with E-state index in [1.54, 1.807) is 24.3 Å². The van der Waals surface area contributed by atoms with Gasteiger partial charge in [0.2, 0.25) is 11.2 Å². The third-order valence-electron chi connectivity index (χ3n) is 5.37. The van der Waals surface area contributed by atoms with Gasteiger partial charge in [-0.2, -0.15) is 0 Å². The predicted octanol–water partition coefficient (Wildman–Crippen LogP) is 2.78. The molecule has 2 aromatic carbocycles. The number of epoxide rings is 1. The molecule has 2 heterocycles. The van der Waals surface area contributed by atoms with Crippen LogP contribution in [0.4, 0.5) is 11.4 Å². The van der Waals surface area contributed by atoms with Crippen molar-refractivity contribution in [3.63, 3.8) is 0 Å². The normalized spacial score (nSPS) is 30.1. The molecular formula is C20H16Cl2N2O5. The van der Waals surface area contributed by atoms with Crippen LogP contribution in [0.3, 0.4) is 0 Å². The molecule has 0 aromatic heterocycles. The Balaban J connectivity index is 1.78. The molecule has 2 aliphatic rings. The first-order chi connectivity index (χ1) is 13.6. The van der Waals surface area contributed by atoms with E-state index in [9.17, 15) is 19.5 Å². The van der Waals surface area contributed by atoms with E-state index in [2.05, 4.69) is 5.32 Å². The highest BCUT2D eigenvalue weighted by Gasteiger charge is 2.95. The summed E-state index contributed by atoms with van der Waals surface area (Å²) in [6, 6.07) is 12.3. The number of hydrogen-bond acceptors (Lipinski definition) is 5. The monoisotopic (exact) mass is 434 g/mol. The summed E-state index contributed by atoms with van der Waals surface area (Å²) in [6.07, 6.45) is 0. The maximum atomic E-state index is 13.2. The molecule has 0 aliphatic carbocycles. The summed E-state index contributed by atoms with van der Waals surface area (Å²) in [5.41, 5.74) is -5.70. The molecule has 0 radical (unpaired) electrons. The fraction of sp³-hybridized carbons (Fsp3) is 0.250. The molecule has 0 spiro atoms. The lowest BCUT2D eigenvalue weighted by molar-refractivity contribution is -0.136. The van der Waals surface area contributed by atoms with Crippen molar-refractivity contribution in [2.45, 2.75) is 30.8 Å². The number of benzene rings is 2. The molecule has 2 amide bonds. The van der Waals surface area contributed by atoms with Gasteiger partial charge in [-0.05, 0) is 62.4 Å². The Morgan fingerprint density at radius 3 is 2.07 bits per heavy atom. The number of nitrogens with one attached hydrogen (secondary N) is 1. The number of morpholine rings is 1. The smallest absolute Gasteiger partial charge is 0.273 e. The number of anilines is 2. The minimum Gasteiger partial charge on any atom is -0.367 e. The van der Waals surface area contributed by atoms with Gasteiger partial charge in [-0.15, -0.1) is 0 Å². The molecule has 2 saturated heterocycles. The third-order valence-corrected chi connectivity index (χ3v) is 5.87. The first-order valence-electron chi connectivity index (χ1n) is 8.69. The van der Waals surface area contributed by atoms with Gasteiger partial charge in [-0.1, -0.05) is 23.2 Å². The Kier molecular flexibility index (Phi) is 4.29. The minimum absolute atomic E-state index is 0.277. The van der Waals surface area contributed by atoms with Crippen molar-refractivity contribution in [1.82, 2.24) is 0 Å². The fourth-order valence-electron chi connectivity index (χ4n) is 3.94. The Bertz CT molecular complexity index is 1040. The molecule has 29 heavy (non-hydrogen) atoms. The molecule has 3 atom stereocenters. The maximum Gasteiger partial charge on any atom is 0.273 e. The minimum atomic E-state index is -2.14. The summed E-state index contributed by atoms with van der Waals surface area (Å²) in [7, 11) is 0. The lowest BCUT2D eigenvalue weighted by Gasteiger charge is -2.35. The van der Waals surface area contributed by atoms with Crippen molar-refractivity contribution < 1.29 is 24.2 Å². The number of aliphatic hydroxyl groups is 1. The van der Waals surface area contributed by atoms with Gasteiger partial charge in [0.05, 0.1) is 0 Å². The van der Waals surface area contributed by atoms with Crippen LogP contribution < -0.4 is 10.2 Å². The average molecular weight is 435 g/mol. The van der Waals surface area contributed by atoms with Crippen LogP contribution in [0, 0.1) is 0 Å².